The molecule has 0 bridgehead atoms. The van der Waals surface area contributed by atoms with Crippen molar-refractivity contribution in [1.29, 1.82) is 0 Å². The van der Waals surface area contributed by atoms with Crippen LogP contribution >= 0.6 is 13.5 Å². The molecular formula is C20H28N4O2S. The van der Waals surface area contributed by atoms with Crippen molar-refractivity contribution >= 4 is 13.5 Å². The second-order valence-electron chi connectivity index (χ2n) is 7.31. The van der Waals surface area contributed by atoms with Crippen molar-refractivity contribution in [3.05, 3.63) is 41.1 Å². The highest BCUT2D eigenvalue weighted by molar-refractivity contribution is 7.59. The molecule has 4 heterocycles. The summed E-state index contributed by atoms with van der Waals surface area (Å²) in [5, 5.41) is 0. The molecule has 7 heteroatoms. The van der Waals surface area contributed by atoms with E-state index in [0.717, 1.165) is 48.2 Å². The first kappa shape index (κ1) is 19.9. The van der Waals surface area contributed by atoms with Gasteiger partial charge in [0.1, 0.15) is 19.0 Å². The van der Waals surface area contributed by atoms with Gasteiger partial charge in [-0.15, -0.1) is 0 Å². The van der Waals surface area contributed by atoms with Gasteiger partial charge in [-0.05, 0) is 64.3 Å². The molecule has 2 aromatic heterocycles. The fourth-order valence-electron chi connectivity index (χ4n) is 3.94. The van der Waals surface area contributed by atoms with Gasteiger partial charge in [-0.2, -0.15) is 13.5 Å². The zero-order valence-electron chi connectivity index (χ0n) is 16.2. The number of nitrogens with zero attached hydrogens (tertiary/aromatic N) is 4. The molecule has 0 spiro atoms. The van der Waals surface area contributed by atoms with Crippen LogP contribution < -0.4 is 9.47 Å². The molecule has 146 valence electrons. The molecule has 2 aromatic rings. The third-order valence-electron chi connectivity index (χ3n) is 5.24. The highest BCUT2D eigenvalue weighted by Crippen LogP contribution is 2.33. The summed E-state index contributed by atoms with van der Waals surface area (Å²) in [6, 6.07) is 6.42. The van der Waals surface area contributed by atoms with Crippen molar-refractivity contribution in [3.63, 3.8) is 0 Å². The fourth-order valence-corrected chi connectivity index (χ4v) is 3.94. The van der Waals surface area contributed by atoms with Gasteiger partial charge in [0.2, 0.25) is 0 Å². The van der Waals surface area contributed by atoms with Crippen molar-refractivity contribution in [3.8, 4) is 11.6 Å². The molecular weight excluding hydrogens is 360 g/mol. The third-order valence-corrected chi connectivity index (χ3v) is 5.24. The van der Waals surface area contributed by atoms with E-state index in [1.807, 2.05) is 19.9 Å². The maximum Gasteiger partial charge on any atom is 0.257 e. The van der Waals surface area contributed by atoms with Crippen LogP contribution in [0.3, 0.4) is 0 Å². The predicted octanol–water partition coefficient (Wildman–Crippen LogP) is 3.00. The van der Waals surface area contributed by atoms with Gasteiger partial charge in [0.15, 0.2) is 5.75 Å². The normalized spacial score (nSPS) is 20.2. The number of aryl methyl sites for hydroxylation is 2. The van der Waals surface area contributed by atoms with Crippen LogP contribution in [0.1, 0.15) is 42.3 Å². The summed E-state index contributed by atoms with van der Waals surface area (Å²) in [7, 11) is 0. The predicted molar refractivity (Wildman–Crippen MR) is 109 cm³/mol. The van der Waals surface area contributed by atoms with E-state index in [0.29, 0.717) is 25.0 Å². The second kappa shape index (κ2) is 8.44. The lowest BCUT2D eigenvalue weighted by Gasteiger charge is -2.25. The Labute approximate surface area is 167 Å². The van der Waals surface area contributed by atoms with E-state index in [2.05, 4.69) is 38.9 Å². The van der Waals surface area contributed by atoms with Gasteiger partial charge < -0.3 is 9.47 Å². The van der Waals surface area contributed by atoms with Gasteiger partial charge in [-0.1, -0.05) is 0 Å². The molecule has 6 nitrogen and oxygen atoms in total. The summed E-state index contributed by atoms with van der Waals surface area (Å²) < 4.78 is 11.2. The smallest absolute Gasteiger partial charge is 0.257 e. The first-order valence-electron chi connectivity index (χ1n) is 9.40. The Bertz CT molecular complexity index is 781. The average Bonchev–Trinajstić information content (AvgIpc) is 3.08. The van der Waals surface area contributed by atoms with E-state index in [4.69, 9.17) is 9.47 Å². The van der Waals surface area contributed by atoms with Crippen LogP contribution in [0.15, 0.2) is 18.2 Å². The number of aromatic nitrogens is 3. The molecule has 1 saturated heterocycles. The van der Waals surface area contributed by atoms with Gasteiger partial charge >= 0.3 is 0 Å². The van der Waals surface area contributed by atoms with Crippen molar-refractivity contribution < 1.29 is 9.47 Å². The minimum atomic E-state index is 0. The van der Waals surface area contributed by atoms with Crippen LogP contribution in [0, 0.1) is 19.8 Å². The Balaban J connectivity index is 0.00000210. The SMILES string of the molecule is Cc1cc(C[C@@H]2CCN(C(C)c3ccc4c(n3)OCCO4)C2)nc(C)n1.S. The highest BCUT2D eigenvalue weighted by atomic mass is 32.1. The first-order valence-corrected chi connectivity index (χ1v) is 9.40. The summed E-state index contributed by atoms with van der Waals surface area (Å²) in [6.45, 7) is 9.55. The second-order valence-corrected chi connectivity index (χ2v) is 7.31. The molecule has 27 heavy (non-hydrogen) atoms. The van der Waals surface area contributed by atoms with Gasteiger partial charge in [-0.3, -0.25) is 4.90 Å². The molecule has 2 aliphatic heterocycles. The number of fused-ring (bicyclic) bond motifs is 1. The third kappa shape index (κ3) is 4.52. The molecule has 1 unspecified atom stereocenters. The number of likely N-dealkylation sites (tertiary alicyclic amines) is 1. The van der Waals surface area contributed by atoms with Crippen molar-refractivity contribution in [2.75, 3.05) is 26.3 Å². The van der Waals surface area contributed by atoms with Crippen LogP contribution in [0.25, 0.3) is 0 Å². The van der Waals surface area contributed by atoms with Crippen molar-refractivity contribution in [1.82, 2.24) is 19.9 Å². The van der Waals surface area contributed by atoms with E-state index < -0.39 is 0 Å². The maximum absolute atomic E-state index is 5.63. The molecule has 1 fully saturated rings. The number of pyridine rings is 1. The zero-order valence-corrected chi connectivity index (χ0v) is 17.2. The van der Waals surface area contributed by atoms with Crippen LogP contribution in [0.4, 0.5) is 0 Å². The standard InChI is InChI=1S/C20H26N4O2.H2S/c1-13-10-17(22-15(3)21-13)11-16-6-7-24(12-16)14(2)18-4-5-19-20(23-18)26-9-8-25-19;/h4-5,10,14,16H,6-9,11-12H2,1-3H3;1H2/t14?,16-;/m0./s1. The molecule has 0 radical (unpaired) electrons. The van der Waals surface area contributed by atoms with Crippen LogP contribution in [0.2, 0.25) is 0 Å². The van der Waals surface area contributed by atoms with Crippen molar-refractivity contribution in [2.24, 2.45) is 5.92 Å². The Morgan fingerprint density at radius 2 is 1.96 bits per heavy atom. The molecule has 0 aromatic carbocycles. The molecule has 4 rings (SSSR count). The van der Waals surface area contributed by atoms with Crippen LogP contribution in [0.5, 0.6) is 11.6 Å². The molecule has 0 saturated carbocycles. The Kier molecular flexibility index (Phi) is 6.22. The molecule has 0 amide bonds. The zero-order chi connectivity index (χ0) is 18.1. The molecule has 0 aliphatic carbocycles. The Morgan fingerprint density at radius 1 is 1.15 bits per heavy atom. The number of ether oxygens (including phenoxy) is 2. The number of hydrogen-bond donors (Lipinski definition) is 0. The van der Waals surface area contributed by atoms with E-state index in [9.17, 15) is 0 Å². The monoisotopic (exact) mass is 388 g/mol. The lowest BCUT2D eigenvalue weighted by atomic mass is 10.0. The summed E-state index contributed by atoms with van der Waals surface area (Å²) in [5.41, 5.74) is 3.26. The summed E-state index contributed by atoms with van der Waals surface area (Å²) >= 11 is 0. The minimum absolute atomic E-state index is 0. The van der Waals surface area contributed by atoms with E-state index in [1.165, 1.54) is 6.42 Å². The lowest BCUT2D eigenvalue weighted by molar-refractivity contribution is 0.162. The summed E-state index contributed by atoms with van der Waals surface area (Å²) in [4.78, 5) is 16.2. The lowest BCUT2D eigenvalue weighted by Crippen LogP contribution is -2.26. The maximum atomic E-state index is 5.63. The summed E-state index contributed by atoms with van der Waals surface area (Å²) in [6.07, 6.45) is 2.21. The van der Waals surface area contributed by atoms with E-state index >= 15 is 0 Å². The van der Waals surface area contributed by atoms with Gasteiger partial charge in [0.25, 0.3) is 5.88 Å². The van der Waals surface area contributed by atoms with E-state index in [-0.39, 0.29) is 19.5 Å². The van der Waals surface area contributed by atoms with Gasteiger partial charge in [-0.25, -0.2) is 15.0 Å². The van der Waals surface area contributed by atoms with E-state index in [1.54, 1.807) is 0 Å². The number of hydrogen-bond acceptors (Lipinski definition) is 6. The summed E-state index contributed by atoms with van der Waals surface area (Å²) in [5.74, 6) is 2.87. The highest BCUT2D eigenvalue weighted by Gasteiger charge is 2.28. The molecule has 2 atom stereocenters. The van der Waals surface area contributed by atoms with Crippen LogP contribution in [-0.4, -0.2) is 46.2 Å². The van der Waals surface area contributed by atoms with Gasteiger partial charge in [0, 0.05) is 24.0 Å². The minimum Gasteiger partial charge on any atom is -0.484 e. The van der Waals surface area contributed by atoms with Crippen LogP contribution in [-0.2, 0) is 6.42 Å². The van der Waals surface area contributed by atoms with Gasteiger partial charge in [0.05, 0.1) is 5.69 Å². The Morgan fingerprint density at radius 3 is 2.78 bits per heavy atom. The quantitative estimate of drug-likeness (QED) is 0.802. The molecule has 0 N–H and O–H groups in total. The fraction of sp³-hybridized carbons (Fsp3) is 0.550. The number of rotatable bonds is 4. The first-order chi connectivity index (χ1) is 12.6. The van der Waals surface area contributed by atoms with Crippen molar-refractivity contribution in [2.45, 2.75) is 39.7 Å². The topological polar surface area (TPSA) is 60.4 Å². The molecule has 2 aliphatic rings. The largest absolute Gasteiger partial charge is 0.484 e. The Hall–Kier alpha value is -1.86. The average molecular weight is 389 g/mol.